The summed E-state index contributed by atoms with van der Waals surface area (Å²) in [5, 5.41) is 2.71. The van der Waals surface area contributed by atoms with E-state index in [2.05, 4.69) is 15.3 Å². The van der Waals surface area contributed by atoms with E-state index in [1.54, 1.807) is 0 Å². The van der Waals surface area contributed by atoms with Gasteiger partial charge in [-0.15, -0.1) is 0 Å². The second-order valence-corrected chi connectivity index (χ2v) is 3.60. The summed E-state index contributed by atoms with van der Waals surface area (Å²) in [6.07, 6.45) is 4.32. The van der Waals surface area contributed by atoms with Crippen molar-refractivity contribution in [2.45, 2.75) is 5.03 Å². The Kier molecular flexibility index (Phi) is 3.51. The highest BCUT2D eigenvalue weighted by molar-refractivity contribution is 7.85. The highest BCUT2D eigenvalue weighted by atomic mass is 32.2. The first-order chi connectivity index (χ1) is 6.24. The summed E-state index contributed by atoms with van der Waals surface area (Å²) < 4.78 is 11.4. The van der Waals surface area contributed by atoms with Crippen LogP contribution in [0.25, 0.3) is 0 Å². The third-order valence-electron chi connectivity index (χ3n) is 1.31. The van der Waals surface area contributed by atoms with Gasteiger partial charge < -0.3 is 5.32 Å². The van der Waals surface area contributed by atoms with E-state index in [1.165, 1.54) is 25.6 Å². The number of aromatic nitrogens is 2. The van der Waals surface area contributed by atoms with Crippen molar-refractivity contribution in [3.05, 3.63) is 18.6 Å². The molecule has 0 aliphatic rings. The van der Waals surface area contributed by atoms with E-state index >= 15 is 0 Å². The predicted molar refractivity (Wildman–Crippen MR) is 47.4 cm³/mol. The van der Waals surface area contributed by atoms with Crippen LogP contribution in [0.4, 0.5) is 0 Å². The molecule has 0 aliphatic heterocycles. The first kappa shape index (κ1) is 9.79. The maximum atomic E-state index is 11.4. The van der Waals surface area contributed by atoms with Crippen molar-refractivity contribution >= 4 is 16.7 Å². The van der Waals surface area contributed by atoms with E-state index in [9.17, 15) is 9.00 Å². The lowest BCUT2D eigenvalue weighted by molar-refractivity contribution is -0.118. The zero-order chi connectivity index (χ0) is 9.68. The lowest BCUT2D eigenvalue weighted by Gasteiger charge is -1.98. The maximum Gasteiger partial charge on any atom is 0.232 e. The fourth-order valence-electron chi connectivity index (χ4n) is 0.668. The van der Waals surface area contributed by atoms with E-state index < -0.39 is 10.8 Å². The van der Waals surface area contributed by atoms with Crippen LogP contribution in [0, 0.1) is 0 Å². The summed E-state index contributed by atoms with van der Waals surface area (Å²) in [6, 6.07) is 0. The quantitative estimate of drug-likeness (QED) is 0.700. The van der Waals surface area contributed by atoms with Crippen LogP contribution in [0.15, 0.2) is 23.6 Å². The molecule has 0 fully saturated rings. The van der Waals surface area contributed by atoms with Crippen molar-refractivity contribution in [1.29, 1.82) is 0 Å². The molecule has 1 unspecified atom stereocenters. The Balaban J connectivity index is 2.65. The number of nitrogens with zero attached hydrogens (tertiary/aromatic N) is 2. The molecule has 5 nitrogen and oxygen atoms in total. The minimum atomic E-state index is -1.40. The summed E-state index contributed by atoms with van der Waals surface area (Å²) in [5.74, 6) is -0.348. The second kappa shape index (κ2) is 4.66. The van der Waals surface area contributed by atoms with Gasteiger partial charge in [-0.05, 0) is 0 Å². The lowest BCUT2D eigenvalue weighted by atomic mass is 10.7. The van der Waals surface area contributed by atoms with E-state index in [-0.39, 0.29) is 11.7 Å². The van der Waals surface area contributed by atoms with Gasteiger partial charge in [0.05, 0.1) is 17.0 Å². The first-order valence-electron chi connectivity index (χ1n) is 3.59. The number of nitrogens with one attached hydrogen (secondary N) is 1. The summed E-state index contributed by atoms with van der Waals surface area (Å²) >= 11 is 0. The summed E-state index contributed by atoms with van der Waals surface area (Å²) in [6.45, 7) is 0. The average Bonchev–Trinajstić information content (AvgIpc) is 2.19. The van der Waals surface area contributed by atoms with Crippen molar-refractivity contribution < 1.29 is 9.00 Å². The van der Waals surface area contributed by atoms with Gasteiger partial charge in [0.1, 0.15) is 10.8 Å². The number of hydrogen-bond acceptors (Lipinski definition) is 4. The Hall–Kier alpha value is -1.30. The molecule has 1 atom stereocenters. The molecule has 0 radical (unpaired) electrons. The van der Waals surface area contributed by atoms with Gasteiger partial charge in [0, 0.05) is 19.4 Å². The molecule has 1 amide bonds. The largest absolute Gasteiger partial charge is 0.358 e. The Morgan fingerprint density at radius 1 is 1.62 bits per heavy atom. The number of rotatable bonds is 3. The van der Waals surface area contributed by atoms with E-state index in [0.717, 1.165) is 0 Å². The van der Waals surface area contributed by atoms with Crippen LogP contribution in [-0.2, 0) is 15.6 Å². The van der Waals surface area contributed by atoms with Crippen molar-refractivity contribution in [3.63, 3.8) is 0 Å². The van der Waals surface area contributed by atoms with Gasteiger partial charge >= 0.3 is 0 Å². The molecule has 1 aromatic rings. The van der Waals surface area contributed by atoms with Crippen molar-refractivity contribution in [2.24, 2.45) is 0 Å². The van der Waals surface area contributed by atoms with Crippen molar-refractivity contribution in [3.8, 4) is 0 Å². The topological polar surface area (TPSA) is 72.0 Å². The molecule has 0 spiro atoms. The summed E-state index contributed by atoms with van der Waals surface area (Å²) in [7, 11) is 0.0972. The Labute approximate surface area is 78.1 Å². The van der Waals surface area contributed by atoms with Crippen LogP contribution in [-0.4, -0.2) is 32.9 Å². The monoisotopic (exact) mass is 199 g/mol. The van der Waals surface area contributed by atoms with Crippen LogP contribution in [0.2, 0.25) is 0 Å². The fraction of sp³-hybridized carbons (Fsp3) is 0.286. The summed E-state index contributed by atoms with van der Waals surface area (Å²) in [4.78, 5) is 18.4. The van der Waals surface area contributed by atoms with Gasteiger partial charge in [-0.1, -0.05) is 0 Å². The number of hydrogen-bond donors (Lipinski definition) is 1. The molecule has 0 saturated carbocycles. The standard InChI is InChI=1S/C7H9N3O2S/c1-8-6(11)5-13(12)7-4-9-2-3-10-7/h2-4H,5H2,1H3,(H,8,11). The van der Waals surface area contributed by atoms with Crippen LogP contribution < -0.4 is 5.32 Å². The number of amides is 1. The molecule has 70 valence electrons. The first-order valence-corrected chi connectivity index (χ1v) is 4.91. The maximum absolute atomic E-state index is 11.4. The molecule has 1 heterocycles. The minimum absolute atomic E-state index is 0.0742. The Morgan fingerprint density at radius 2 is 2.38 bits per heavy atom. The molecule has 0 aromatic carbocycles. The lowest BCUT2D eigenvalue weighted by Crippen LogP contribution is -2.24. The molecular weight excluding hydrogens is 190 g/mol. The Morgan fingerprint density at radius 3 is 2.92 bits per heavy atom. The van der Waals surface area contributed by atoms with Crippen LogP contribution in [0.1, 0.15) is 0 Å². The third kappa shape index (κ3) is 2.90. The molecule has 0 aliphatic carbocycles. The normalized spacial score (nSPS) is 12.1. The molecule has 0 saturated heterocycles. The van der Waals surface area contributed by atoms with Crippen molar-refractivity contribution in [1.82, 2.24) is 15.3 Å². The molecule has 1 aromatic heterocycles. The van der Waals surface area contributed by atoms with Gasteiger partial charge in [-0.2, -0.15) is 0 Å². The smallest absolute Gasteiger partial charge is 0.232 e. The summed E-state index contributed by atoms with van der Waals surface area (Å²) in [5.41, 5.74) is 0. The molecule has 1 rings (SSSR count). The number of carbonyl (C=O) groups is 1. The second-order valence-electron chi connectivity index (χ2n) is 2.21. The van der Waals surface area contributed by atoms with Crippen LogP contribution in [0.5, 0.6) is 0 Å². The van der Waals surface area contributed by atoms with Gasteiger partial charge in [-0.25, -0.2) is 4.98 Å². The zero-order valence-electron chi connectivity index (χ0n) is 7.06. The van der Waals surface area contributed by atoms with Gasteiger partial charge in [0.2, 0.25) is 5.91 Å². The highest BCUT2D eigenvalue weighted by Gasteiger charge is 2.09. The van der Waals surface area contributed by atoms with Crippen LogP contribution in [0.3, 0.4) is 0 Å². The Bertz CT molecular complexity index is 315. The van der Waals surface area contributed by atoms with Gasteiger partial charge in [0.25, 0.3) is 0 Å². The molecule has 13 heavy (non-hydrogen) atoms. The predicted octanol–water partition coefficient (Wildman–Crippen LogP) is -0.670. The van der Waals surface area contributed by atoms with E-state index in [4.69, 9.17) is 0 Å². The molecule has 1 N–H and O–H groups in total. The van der Waals surface area contributed by atoms with E-state index in [0.29, 0.717) is 5.03 Å². The van der Waals surface area contributed by atoms with E-state index in [1.807, 2.05) is 0 Å². The van der Waals surface area contributed by atoms with Gasteiger partial charge in [-0.3, -0.25) is 14.0 Å². The molecule has 6 heteroatoms. The van der Waals surface area contributed by atoms with Crippen molar-refractivity contribution in [2.75, 3.05) is 12.8 Å². The average molecular weight is 199 g/mol. The fourth-order valence-corrected chi connectivity index (χ4v) is 1.56. The SMILES string of the molecule is CNC(=O)CS(=O)c1cnccn1. The zero-order valence-corrected chi connectivity index (χ0v) is 7.87. The molecular formula is C7H9N3O2S. The number of carbonyl (C=O) groups excluding carboxylic acids is 1. The minimum Gasteiger partial charge on any atom is -0.358 e. The van der Waals surface area contributed by atoms with Gasteiger partial charge in [0.15, 0.2) is 0 Å². The van der Waals surface area contributed by atoms with Crippen LogP contribution >= 0.6 is 0 Å². The molecule has 0 bridgehead atoms. The third-order valence-corrected chi connectivity index (χ3v) is 2.52. The highest BCUT2D eigenvalue weighted by Crippen LogP contribution is 1.98.